The molecule has 0 radical (unpaired) electrons. The Hall–Kier alpha value is -2.11. The number of fused-ring (bicyclic) bond motifs is 1. The van der Waals surface area contributed by atoms with Crippen LogP contribution in [0.1, 0.15) is 39.7 Å². The molecule has 2 rings (SSSR count). The summed E-state index contributed by atoms with van der Waals surface area (Å²) in [5.74, 6) is 0.541. The average Bonchev–Trinajstić information content (AvgIpc) is 2.59. The molecule has 0 spiro atoms. The Morgan fingerprint density at radius 1 is 1.19 bits per heavy atom. The van der Waals surface area contributed by atoms with E-state index in [1.807, 2.05) is 58.0 Å². The molecule has 2 aromatic rings. The topological polar surface area (TPSA) is 70.6 Å². The highest BCUT2D eigenvalue weighted by Gasteiger charge is 2.16. The van der Waals surface area contributed by atoms with E-state index in [0.29, 0.717) is 12.3 Å². The third kappa shape index (κ3) is 5.71. The molecule has 1 unspecified atom stereocenters. The zero-order valence-corrected chi connectivity index (χ0v) is 16.1. The molecule has 142 valence electrons. The molecule has 1 atom stereocenters. The first-order chi connectivity index (χ1) is 12.3. The quantitative estimate of drug-likeness (QED) is 0.678. The molecule has 3 N–H and O–H groups in total. The highest BCUT2D eigenvalue weighted by Crippen LogP contribution is 2.28. The van der Waals surface area contributed by atoms with E-state index >= 15 is 0 Å². The van der Waals surface area contributed by atoms with E-state index in [1.165, 1.54) is 0 Å². The second kappa shape index (κ2) is 9.01. The molecule has 1 amide bonds. The maximum absolute atomic E-state index is 12.1. The van der Waals surface area contributed by atoms with Crippen LogP contribution in [-0.4, -0.2) is 35.8 Å². The molecule has 0 aliphatic rings. The van der Waals surface area contributed by atoms with E-state index in [1.54, 1.807) is 0 Å². The lowest BCUT2D eigenvalue weighted by Gasteiger charge is -2.21. The number of ether oxygens (including phenoxy) is 1. The maximum atomic E-state index is 12.1. The second-order valence-corrected chi connectivity index (χ2v) is 7.52. The predicted octanol–water partition coefficient (Wildman–Crippen LogP) is 2.99. The number of aliphatic hydroxyl groups excluding tert-OH is 1. The van der Waals surface area contributed by atoms with Gasteiger partial charge in [0.05, 0.1) is 6.61 Å². The van der Waals surface area contributed by atoms with E-state index in [2.05, 4.69) is 16.7 Å². The van der Waals surface area contributed by atoms with Crippen molar-refractivity contribution >= 4 is 16.7 Å². The first kappa shape index (κ1) is 20.2. The molecule has 0 saturated carbocycles. The Morgan fingerprint density at radius 3 is 2.58 bits per heavy atom. The van der Waals surface area contributed by atoms with Crippen LogP contribution in [0.3, 0.4) is 0 Å². The molecule has 5 nitrogen and oxygen atoms in total. The van der Waals surface area contributed by atoms with Gasteiger partial charge in [-0.05, 0) is 44.0 Å². The number of amides is 1. The second-order valence-electron chi connectivity index (χ2n) is 7.52. The number of carbonyl (C=O) groups excluding carboxylic acids is 1. The molecule has 5 heteroatoms. The first-order valence-corrected chi connectivity index (χ1v) is 9.12. The Kier molecular flexibility index (Phi) is 7.00. The van der Waals surface area contributed by atoms with Crippen molar-refractivity contribution < 1.29 is 14.6 Å². The normalized spacial score (nSPS) is 12.8. The number of nitrogens with one attached hydrogen (secondary N) is 2. The van der Waals surface area contributed by atoms with E-state index in [-0.39, 0.29) is 30.7 Å². The summed E-state index contributed by atoms with van der Waals surface area (Å²) in [4.78, 5) is 12.1. The van der Waals surface area contributed by atoms with Gasteiger partial charge in [-0.1, -0.05) is 37.3 Å². The van der Waals surface area contributed by atoms with E-state index in [4.69, 9.17) is 4.74 Å². The summed E-state index contributed by atoms with van der Waals surface area (Å²) in [7, 11) is 0. The molecule has 0 heterocycles. The minimum Gasteiger partial charge on any atom is -0.483 e. The molecule has 26 heavy (non-hydrogen) atoms. The Morgan fingerprint density at radius 2 is 1.92 bits per heavy atom. The average molecular weight is 358 g/mol. The van der Waals surface area contributed by atoms with Crippen LogP contribution < -0.4 is 15.4 Å². The number of hydrogen-bond donors (Lipinski definition) is 3. The molecule has 0 fully saturated rings. The van der Waals surface area contributed by atoms with Gasteiger partial charge in [0.25, 0.3) is 5.91 Å². The van der Waals surface area contributed by atoms with Crippen LogP contribution >= 0.6 is 0 Å². The largest absolute Gasteiger partial charge is 0.483 e. The SMILES string of the molecule is CCC(CO)NCc1c(OCC(=O)NC(C)(C)C)ccc2ccccc12. The monoisotopic (exact) mass is 358 g/mol. The number of carbonyl (C=O) groups is 1. The summed E-state index contributed by atoms with van der Waals surface area (Å²) in [6.07, 6.45) is 0.839. The van der Waals surface area contributed by atoms with Crippen LogP contribution in [0.5, 0.6) is 5.75 Å². The molecular formula is C21H30N2O3. The minimum atomic E-state index is -0.288. The van der Waals surface area contributed by atoms with E-state index in [0.717, 1.165) is 22.8 Å². The zero-order chi connectivity index (χ0) is 19.2. The molecule has 0 aliphatic carbocycles. The van der Waals surface area contributed by atoms with Gasteiger partial charge < -0.3 is 20.5 Å². The summed E-state index contributed by atoms with van der Waals surface area (Å²) in [6, 6.07) is 12.0. The molecule has 0 bridgehead atoms. The van der Waals surface area contributed by atoms with Gasteiger partial charge >= 0.3 is 0 Å². The van der Waals surface area contributed by atoms with Crippen molar-refractivity contribution in [1.29, 1.82) is 0 Å². The van der Waals surface area contributed by atoms with E-state index in [9.17, 15) is 9.90 Å². The zero-order valence-electron chi connectivity index (χ0n) is 16.1. The van der Waals surface area contributed by atoms with Crippen LogP contribution in [0.2, 0.25) is 0 Å². The fraction of sp³-hybridized carbons (Fsp3) is 0.476. The van der Waals surface area contributed by atoms with Crippen molar-refractivity contribution in [3.05, 3.63) is 42.0 Å². The van der Waals surface area contributed by atoms with Gasteiger partial charge in [-0.3, -0.25) is 4.79 Å². The minimum absolute atomic E-state index is 0.0280. The molecule has 0 aromatic heterocycles. The van der Waals surface area contributed by atoms with Crippen LogP contribution in [0.15, 0.2) is 36.4 Å². The van der Waals surface area contributed by atoms with Crippen LogP contribution in [0, 0.1) is 0 Å². The number of benzene rings is 2. The van der Waals surface area contributed by atoms with Crippen molar-refractivity contribution in [2.45, 2.75) is 52.2 Å². The number of hydrogen-bond acceptors (Lipinski definition) is 4. The summed E-state index contributed by atoms with van der Waals surface area (Å²) in [5.41, 5.74) is 0.711. The van der Waals surface area contributed by atoms with Gasteiger partial charge in [-0.25, -0.2) is 0 Å². The van der Waals surface area contributed by atoms with Crippen molar-refractivity contribution in [1.82, 2.24) is 10.6 Å². The number of rotatable bonds is 8. The molecule has 0 aliphatic heterocycles. The molecular weight excluding hydrogens is 328 g/mol. The Balaban J connectivity index is 2.21. The Bertz CT molecular complexity index is 734. The van der Waals surface area contributed by atoms with Gasteiger partial charge in [0.1, 0.15) is 5.75 Å². The van der Waals surface area contributed by atoms with Gasteiger partial charge in [-0.2, -0.15) is 0 Å². The fourth-order valence-electron chi connectivity index (χ4n) is 2.82. The Labute approximate surface area is 155 Å². The maximum Gasteiger partial charge on any atom is 0.258 e. The third-order valence-corrected chi connectivity index (χ3v) is 4.15. The highest BCUT2D eigenvalue weighted by molar-refractivity contribution is 5.88. The third-order valence-electron chi connectivity index (χ3n) is 4.15. The molecule has 2 aromatic carbocycles. The lowest BCUT2D eigenvalue weighted by Crippen LogP contribution is -2.43. The van der Waals surface area contributed by atoms with Gasteiger partial charge in [-0.15, -0.1) is 0 Å². The first-order valence-electron chi connectivity index (χ1n) is 9.12. The summed E-state index contributed by atoms with van der Waals surface area (Å²) in [6.45, 7) is 8.48. The number of aliphatic hydroxyl groups is 1. The van der Waals surface area contributed by atoms with Crippen molar-refractivity contribution in [3.63, 3.8) is 0 Å². The fourth-order valence-corrected chi connectivity index (χ4v) is 2.82. The predicted molar refractivity (Wildman–Crippen MR) is 105 cm³/mol. The summed E-state index contributed by atoms with van der Waals surface area (Å²) in [5, 5.41) is 17.9. The van der Waals surface area contributed by atoms with Crippen molar-refractivity contribution in [2.24, 2.45) is 0 Å². The van der Waals surface area contributed by atoms with E-state index < -0.39 is 0 Å². The molecule has 0 saturated heterocycles. The van der Waals surface area contributed by atoms with Crippen LogP contribution in [-0.2, 0) is 11.3 Å². The van der Waals surface area contributed by atoms with Gasteiger partial charge in [0, 0.05) is 23.7 Å². The van der Waals surface area contributed by atoms with Crippen molar-refractivity contribution in [3.8, 4) is 5.75 Å². The summed E-state index contributed by atoms with van der Waals surface area (Å²) < 4.78 is 5.84. The van der Waals surface area contributed by atoms with Gasteiger partial charge in [0.15, 0.2) is 6.61 Å². The smallest absolute Gasteiger partial charge is 0.258 e. The van der Waals surface area contributed by atoms with Crippen molar-refractivity contribution in [2.75, 3.05) is 13.2 Å². The van der Waals surface area contributed by atoms with Crippen LogP contribution in [0.4, 0.5) is 0 Å². The van der Waals surface area contributed by atoms with Gasteiger partial charge in [0.2, 0.25) is 0 Å². The lowest BCUT2D eigenvalue weighted by atomic mass is 10.0. The standard InChI is InChI=1S/C21H30N2O3/c1-5-16(13-24)22-12-18-17-9-7-6-8-15(17)10-11-19(18)26-14-20(25)23-21(2,3)4/h6-11,16,22,24H,5,12-14H2,1-4H3,(H,23,25). The summed E-state index contributed by atoms with van der Waals surface area (Å²) >= 11 is 0. The lowest BCUT2D eigenvalue weighted by molar-refractivity contribution is -0.124. The highest BCUT2D eigenvalue weighted by atomic mass is 16.5. The van der Waals surface area contributed by atoms with Crippen LogP contribution in [0.25, 0.3) is 10.8 Å².